The van der Waals surface area contributed by atoms with Gasteiger partial charge in [0.05, 0.1) is 32.5 Å². The van der Waals surface area contributed by atoms with E-state index in [2.05, 4.69) is 11.6 Å². The zero-order valence-corrected chi connectivity index (χ0v) is 20.1. The summed E-state index contributed by atoms with van der Waals surface area (Å²) in [7, 11) is 1.18. The van der Waals surface area contributed by atoms with E-state index < -0.39 is 79.2 Å². The number of aliphatic hydroxyl groups is 4. The minimum absolute atomic E-state index is 0.0546. The molecule has 8 atom stereocenters. The van der Waals surface area contributed by atoms with Crippen molar-refractivity contribution >= 4 is 24.3 Å². The zero-order chi connectivity index (χ0) is 27.0. The minimum atomic E-state index is -2.23. The van der Waals surface area contributed by atoms with Crippen LogP contribution in [0.2, 0.25) is 0 Å². The average molecular weight is 521 g/mol. The quantitative estimate of drug-likeness (QED) is 0.180. The Hall–Kier alpha value is -3.00. The SMILES string of the molecule is C=C[C@@H]1[C@H](CC(=O)O)C(C(=O)OC)=CC[C@H]1O[C@]1(CO)O[C@H](CO)[C@]2(C=c3cc[n-]c3=CO2)[C@H](O)[C@H]1O. The topological polar surface area (TPSA) is 186 Å². The third-order valence-electron chi connectivity index (χ3n) is 7.26. The van der Waals surface area contributed by atoms with E-state index in [9.17, 15) is 35.1 Å². The highest BCUT2D eigenvalue weighted by molar-refractivity contribution is 5.90. The Morgan fingerprint density at radius 2 is 2.05 bits per heavy atom. The maximum atomic E-state index is 12.3. The summed E-state index contributed by atoms with van der Waals surface area (Å²) >= 11 is 0. The summed E-state index contributed by atoms with van der Waals surface area (Å²) in [6.45, 7) is 2.16. The van der Waals surface area contributed by atoms with Crippen LogP contribution in [0.3, 0.4) is 0 Å². The third-order valence-corrected chi connectivity index (χ3v) is 7.26. The van der Waals surface area contributed by atoms with E-state index in [0.717, 1.165) is 0 Å². The number of aliphatic hydroxyl groups excluding tert-OH is 4. The molecule has 1 saturated heterocycles. The highest BCUT2D eigenvalue weighted by atomic mass is 16.7. The van der Waals surface area contributed by atoms with Crippen LogP contribution in [0, 0.1) is 11.8 Å². The van der Waals surface area contributed by atoms with E-state index in [1.807, 2.05) is 0 Å². The number of nitrogens with zero attached hydrogens (tertiary/aromatic N) is 1. The molecule has 4 rings (SSSR count). The lowest BCUT2D eigenvalue weighted by atomic mass is 9.74. The van der Waals surface area contributed by atoms with Crippen molar-refractivity contribution in [3.05, 3.63) is 47.1 Å². The first-order valence-corrected chi connectivity index (χ1v) is 11.7. The van der Waals surface area contributed by atoms with Crippen LogP contribution in [0.15, 0.2) is 36.6 Å². The molecule has 12 nitrogen and oxygen atoms in total. The summed E-state index contributed by atoms with van der Waals surface area (Å²) < 4.78 is 22.6. The number of rotatable bonds is 8. The molecule has 1 spiro atoms. The largest absolute Gasteiger partial charge is 0.661 e. The zero-order valence-electron chi connectivity index (χ0n) is 20.1. The van der Waals surface area contributed by atoms with Crippen LogP contribution in [-0.4, -0.2) is 93.6 Å². The van der Waals surface area contributed by atoms with Crippen LogP contribution in [0.25, 0.3) is 12.3 Å². The summed E-state index contributed by atoms with van der Waals surface area (Å²) in [4.78, 5) is 28.0. The van der Waals surface area contributed by atoms with Crippen molar-refractivity contribution in [2.24, 2.45) is 11.8 Å². The molecule has 1 aromatic heterocycles. The van der Waals surface area contributed by atoms with Gasteiger partial charge in [0.1, 0.15) is 24.9 Å². The van der Waals surface area contributed by atoms with E-state index >= 15 is 0 Å². The fraction of sp³-hybridized carbons (Fsp3) is 0.520. The number of carbonyl (C=O) groups is 2. The lowest BCUT2D eigenvalue weighted by Crippen LogP contribution is -2.74. The molecule has 0 radical (unpaired) electrons. The van der Waals surface area contributed by atoms with Gasteiger partial charge in [-0.05, 0) is 17.7 Å². The van der Waals surface area contributed by atoms with Gasteiger partial charge in [0, 0.05) is 17.4 Å². The lowest BCUT2D eigenvalue weighted by Gasteiger charge is -2.55. The van der Waals surface area contributed by atoms with Gasteiger partial charge >= 0.3 is 11.9 Å². The van der Waals surface area contributed by atoms with Crippen LogP contribution in [0.5, 0.6) is 0 Å². The van der Waals surface area contributed by atoms with Crippen molar-refractivity contribution in [1.82, 2.24) is 4.98 Å². The number of aliphatic carboxylic acids is 1. The smallest absolute Gasteiger partial charge is 0.333 e. The minimum Gasteiger partial charge on any atom is -0.661 e. The third kappa shape index (κ3) is 4.49. The van der Waals surface area contributed by atoms with E-state index in [0.29, 0.717) is 10.6 Å². The summed E-state index contributed by atoms with van der Waals surface area (Å²) in [6.07, 6.45) is 1.01. The number of ether oxygens (including phenoxy) is 4. The molecule has 1 fully saturated rings. The highest BCUT2D eigenvalue weighted by Crippen LogP contribution is 2.44. The van der Waals surface area contributed by atoms with E-state index in [-0.39, 0.29) is 12.0 Å². The second-order valence-electron chi connectivity index (χ2n) is 9.23. The number of carbonyl (C=O) groups excluding carboxylic acids is 1. The fourth-order valence-electron chi connectivity index (χ4n) is 5.37. The van der Waals surface area contributed by atoms with Crippen molar-refractivity contribution in [2.75, 3.05) is 20.3 Å². The molecule has 0 amide bonds. The van der Waals surface area contributed by atoms with Crippen LogP contribution < -0.4 is 15.6 Å². The Bertz CT molecular complexity index is 1190. The van der Waals surface area contributed by atoms with Gasteiger partial charge in [-0.2, -0.15) is 6.20 Å². The molecule has 12 heteroatoms. The number of hydrogen-bond donors (Lipinski definition) is 5. The van der Waals surface area contributed by atoms with Crippen molar-refractivity contribution in [1.29, 1.82) is 0 Å². The van der Waals surface area contributed by atoms with Gasteiger partial charge in [0.2, 0.25) is 5.79 Å². The predicted octanol–water partition coefficient (Wildman–Crippen LogP) is -2.49. The van der Waals surface area contributed by atoms with Gasteiger partial charge < -0.3 is 49.5 Å². The maximum absolute atomic E-state index is 12.3. The van der Waals surface area contributed by atoms with Crippen molar-refractivity contribution in [3.63, 3.8) is 0 Å². The summed E-state index contributed by atoms with van der Waals surface area (Å²) in [5.74, 6) is -5.73. The van der Waals surface area contributed by atoms with Crippen LogP contribution in [0.4, 0.5) is 0 Å². The first kappa shape index (κ1) is 27.0. The Morgan fingerprint density at radius 1 is 1.30 bits per heavy atom. The van der Waals surface area contributed by atoms with Gasteiger partial charge in [0.15, 0.2) is 5.60 Å². The molecule has 1 aliphatic carbocycles. The van der Waals surface area contributed by atoms with Crippen molar-refractivity contribution in [3.8, 4) is 0 Å². The van der Waals surface area contributed by atoms with Crippen molar-refractivity contribution < 1.29 is 54.1 Å². The lowest BCUT2D eigenvalue weighted by molar-refractivity contribution is -0.394. The molecule has 0 unspecified atom stereocenters. The Labute approximate surface area is 211 Å². The molecule has 1 aromatic rings. The maximum Gasteiger partial charge on any atom is 0.333 e. The fourth-order valence-corrected chi connectivity index (χ4v) is 5.37. The molecule has 2 aliphatic heterocycles. The number of fused-ring (bicyclic) bond motifs is 1. The highest BCUT2D eigenvalue weighted by Gasteiger charge is 2.63. The second-order valence-corrected chi connectivity index (χ2v) is 9.23. The molecule has 0 saturated carbocycles. The summed E-state index contributed by atoms with van der Waals surface area (Å²) in [5.41, 5.74) is -1.57. The second kappa shape index (κ2) is 10.4. The van der Waals surface area contributed by atoms with Gasteiger partial charge in [-0.3, -0.25) is 4.79 Å². The molecule has 0 bridgehead atoms. The molecular weight excluding hydrogens is 490 g/mol. The number of aromatic nitrogens is 1. The Kier molecular flexibility index (Phi) is 7.60. The number of carboxylic acids is 1. The standard InChI is InChI=1S/C25H30NO11/c1-3-14-16(8-20(29)30)15(23(33)34-2)4-5-18(14)36-25(12-28)22(32)21(31)24(19(10-27)37-25)9-13-6-7-26-17(13)11-35-24/h3-4,6-7,9,11,14,16,18-19,21-22,27-28,31-32H,1,5,8,10,12H2,2H3,(H,29,30)/q-1/t14-,16+,18-,19-,21-,22-,24-,25-/m1/s1. The number of esters is 1. The van der Waals surface area contributed by atoms with Crippen LogP contribution in [0.1, 0.15) is 12.8 Å². The Morgan fingerprint density at radius 3 is 2.68 bits per heavy atom. The van der Waals surface area contributed by atoms with E-state index in [4.69, 9.17) is 18.9 Å². The number of methoxy groups -OCH3 is 1. The summed E-state index contributed by atoms with van der Waals surface area (Å²) in [5, 5.41) is 53.5. The van der Waals surface area contributed by atoms with Gasteiger partial charge in [-0.15, -0.1) is 6.58 Å². The Balaban J connectivity index is 1.68. The monoisotopic (exact) mass is 520 g/mol. The van der Waals surface area contributed by atoms with Crippen LogP contribution >= 0.6 is 0 Å². The normalized spacial score (nSPS) is 36.8. The predicted molar refractivity (Wildman–Crippen MR) is 125 cm³/mol. The molecule has 0 aromatic carbocycles. The van der Waals surface area contributed by atoms with E-state index in [1.165, 1.54) is 37.8 Å². The number of hydrogen-bond acceptors (Lipinski definition) is 10. The molecule has 3 heterocycles. The molecule has 202 valence electrons. The molecular formula is C25H30NO11-. The van der Waals surface area contributed by atoms with E-state index in [1.54, 1.807) is 6.07 Å². The van der Waals surface area contributed by atoms with Gasteiger partial charge in [-0.1, -0.05) is 23.6 Å². The number of carboxylic acid groups (broad SMARTS) is 1. The first-order valence-electron chi connectivity index (χ1n) is 11.7. The van der Waals surface area contributed by atoms with Crippen LogP contribution in [-0.2, 0) is 28.5 Å². The average Bonchev–Trinajstić information content (AvgIpc) is 3.36. The first-order chi connectivity index (χ1) is 17.7. The van der Waals surface area contributed by atoms with Crippen molar-refractivity contribution in [2.45, 2.75) is 48.6 Å². The molecule has 3 aliphatic rings. The van der Waals surface area contributed by atoms with Gasteiger partial charge in [0.25, 0.3) is 0 Å². The van der Waals surface area contributed by atoms with Gasteiger partial charge in [-0.25, -0.2) is 4.79 Å². The molecule has 37 heavy (non-hydrogen) atoms. The molecule has 5 N–H and O–H groups in total. The summed E-state index contributed by atoms with van der Waals surface area (Å²) in [6, 6.07) is 1.67.